The second kappa shape index (κ2) is 4.54. The highest BCUT2D eigenvalue weighted by molar-refractivity contribution is 5.27. The van der Waals surface area contributed by atoms with Crippen LogP contribution >= 0.6 is 0 Å². The zero-order valence-electron chi connectivity index (χ0n) is 10.3. The van der Waals surface area contributed by atoms with Crippen LogP contribution in [0.25, 0.3) is 0 Å². The van der Waals surface area contributed by atoms with E-state index in [1.54, 1.807) is 6.07 Å². The quantitative estimate of drug-likeness (QED) is 0.740. The van der Waals surface area contributed by atoms with Gasteiger partial charge in [0.15, 0.2) is 0 Å². The fourth-order valence-corrected chi connectivity index (χ4v) is 2.68. The van der Waals surface area contributed by atoms with Crippen molar-refractivity contribution >= 4 is 0 Å². The molecule has 0 bridgehead atoms. The second-order valence-electron chi connectivity index (χ2n) is 4.99. The van der Waals surface area contributed by atoms with Crippen molar-refractivity contribution in [2.45, 2.75) is 38.6 Å². The lowest BCUT2D eigenvalue weighted by Crippen LogP contribution is -2.29. The number of aryl methyl sites for hydroxylation is 1. The summed E-state index contributed by atoms with van der Waals surface area (Å²) in [6.45, 7) is 5.19. The topological polar surface area (TPSA) is 3.24 Å². The van der Waals surface area contributed by atoms with Gasteiger partial charge >= 0.3 is 0 Å². The molecule has 0 radical (unpaired) electrons. The van der Waals surface area contributed by atoms with Gasteiger partial charge in [-0.2, -0.15) is 0 Å². The highest BCUT2D eigenvalue weighted by atomic mass is 19.1. The summed E-state index contributed by atoms with van der Waals surface area (Å²) in [4.78, 5) is 2.39. The predicted octanol–water partition coefficient (Wildman–Crippen LogP) is 3.33. The van der Waals surface area contributed by atoms with Crippen molar-refractivity contribution < 1.29 is 4.39 Å². The average molecular weight is 221 g/mol. The van der Waals surface area contributed by atoms with Crippen molar-refractivity contribution in [3.8, 4) is 0 Å². The molecule has 0 amide bonds. The SMILES string of the molecule is Cc1ccc(C(C)C2CCCN2C)cc1F. The molecule has 1 nitrogen and oxygen atoms in total. The van der Waals surface area contributed by atoms with E-state index in [0.29, 0.717) is 12.0 Å². The summed E-state index contributed by atoms with van der Waals surface area (Å²) >= 11 is 0. The maximum Gasteiger partial charge on any atom is 0.126 e. The minimum Gasteiger partial charge on any atom is -0.303 e. The normalized spacial score (nSPS) is 23.6. The molecule has 1 heterocycles. The van der Waals surface area contributed by atoms with Crippen LogP contribution in [-0.2, 0) is 0 Å². The van der Waals surface area contributed by atoms with E-state index in [-0.39, 0.29) is 5.82 Å². The molecule has 0 saturated carbocycles. The molecule has 0 aliphatic carbocycles. The fourth-order valence-electron chi connectivity index (χ4n) is 2.68. The maximum atomic E-state index is 13.5. The van der Waals surface area contributed by atoms with E-state index in [9.17, 15) is 4.39 Å². The average Bonchev–Trinajstić information content (AvgIpc) is 2.67. The number of benzene rings is 1. The molecule has 2 heteroatoms. The van der Waals surface area contributed by atoms with Gasteiger partial charge in [-0.05, 0) is 56.5 Å². The Kier molecular flexibility index (Phi) is 3.29. The van der Waals surface area contributed by atoms with Crippen LogP contribution in [0.5, 0.6) is 0 Å². The maximum absolute atomic E-state index is 13.5. The van der Waals surface area contributed by atoms with Gasteiger partial charge in [0.2, 0.25) is 0 Å². The number of likely N-dealkylation sites (tertiary alicyclic amines) is 1. The van der Waals surface area contributed by atoms with Crippen LogP contribution in [0.15, 0.2) is 18.2 Å². The van der Waals surface area contributed by atoms with Crippen LogP contribution in [-0.4, -0.2) is 24.5 Å². The zero-order valence-corrected chi connectivity index (χ0v) is 10.3. The molecule has 16 heavy (non-hydrogen) atoms. The molecule has 1 aromatic rings. The first-order valence-corrected chi connectivity index (χ1v) is 6.06. The van der Waals surface area contributed by atoms with Gasteiger partial charge in [-0.1, -0.05) is 19.1 Å². The molecule has 1 saturated heterocycles. The third-order valence-corrected chi connectivity index (χ3v) is 3.88. The highest BCUT2D eigenvalue weighted by Gasteiger charge is 2.27. The van der Waals surface area contributed by atoms with Gasteiger partial charge in [0.25, 0.3) is 0 Å². The third kappa shape index (κ3) is 2.12. The Bertz CT molecular complexity index is 375. The van der Waals surface area contributed by atoms with E-state index in [4.69, 9.17) is 0 Å². The smallest absolute Gasteiger partial charge is 0.126 e. The molecular weight excluding hydrogens is 201 g/mol. The van der Waals surface area contributed by atoms with Crippen molar-refractivity contribution in [1.29, 1.82) is 0 Å². The lowest BCUT2D eigenvalue weighted by Gasteiger charge is -2.26. The Morgan fingerprint density at radius 2 is 2.19 bits per heavy atom. The Morgan fingerprint density at radius 1 is 1.44 bits per heavy atom. The van der Waals surface area contributed by atoms with E-state index in [2.05, 4.69) is 24.9 Å². The number of nitrogens with zero attached hydrogens (tertiary/aromatic N) is 1. The zero-order chi connectivity index (χ0) is 11.7. The summed E-state index contributed by atoms with van der Waals surface area (Å²) in [6, 6.07) is 6.22. The monoisotopic (exact) mass is 221 g/mol. The molecule has 2 rings (SSSR count). The molecular formula is C14H20FN. The van der Waals surface area contributed by atoms with Crippen molar-refractivity contribution in [2.75, 3.05) is 13.6 Å². The van der Waals surface area contributed by atoms with Crippen LogP contribution in [0.1, 0.15) is 36.8 Å². The first-order chi connectivity index (χ1) is 7.59. The van der Waals surface area contributed by atoms with Crippen LogP contribution in [0.4, 0.5) is 4.39 Å². The number of hydrogen-bond acceptors (Lipinski definition) is 1. The standard InChI is InChI=1S/C14H20FN/c1-10-6-7-12(9-13(10)15)11(2)14-5-4-8-16(14)3/h6-7,9,11,14H,4-5,8H2,1-3H3. The molecule has 2 atom stereocenters. The van der Waals surface area contributed by atoms with Crippen LogP contribution in [0.3, 0.4) is 0 Å². The van der Waals surface area contributed by atoms with E-state index in [1.807, 2.05) is 13.0 Å². The van der Waals surface area contributed by atoms with Gasteiger partial charge in [-0.25, -0.2) is 4.39 Å². The summed E-state index contributed by atoms with van der Waals surface area (Å²) < 4.78 is 13.5. The first kappa shape index (κ1) is 11.6. The van der Waals surface area contributed by atoms with E-state index < -0.39 is 0 Å². The van der Waals surface area contributed by atoms with Crippen molar-refractivity contribution in [3.05, 3.63) is 35.1 Å². The summed E-state index contributed by atoms with van der Waals surface area (Å²) in [7, 11) is 2.17. The summed E-state index contributed by atoms with van der Waals surface area (Å²) in [6.07, 6.45) is 2.49. The van der Waals surface area contributed by atoms with Gasteiger partial charge in [0.05, 0.1) is 0 Å². The van der Waals surface area contributed by atoms with Crippen molar-refractivity contribution in [3.63, 3.8) is 0 Å². The molecule has 1 fully saturated rings. The third-order valence-electron chi connectivity index (χ3n) is 3.88. The molecule has 0 aromatic heterocycles. The van der Waals surface area contributed by atoms with Gasteiger partial charge in [0.1, 0.15) is 5.82 Å². The molecule has 1 aromatic carbocycles. The number of likely N-dealkylation sites (N-methyl/N-ethyl adjacent to an activating group) is 1. The van der Waals surface area contributed by atoms with Crippen LogP contribution in [0.2, 0.25) is 0 Å². The minimum atomic E-state index is -0.0787. The Balaban J connectivity index is 2.20. The molecule has 0 spiro atoms. The van der Waals surface area contributed by atoms with Gasteiger partial charge in [0, 0.05) is 6.04 Å². The van der Waals surface area contributed by atoms with Gasteiger partial charge in [-0.15, -0.1) is 0 Å². The van der Waals surface area contributed by atoms with E-state index in [1.165, 1.54) is 19.4 Å². The number of rotatable bonds is 2. The van der Waals surface area contributed by atoms with E-state index in [0.717, 1.165) is 11.1 Å². The highest BCUT2D eigenvalue weighted by Crippen LogP contribution is 2.30. The lowest BCUT2D eigenvalue weighted by molar-refractivity contribution is 0.278. The Morgan fingerprint density at radius 3 is 2.75 bits per heavy atom. The van der Waals surface area contributed by atoms with Crippen molar-refractivity contribution in [1.82, 2.24) is 4.90 Å². The molecule has 2 unspecified atom stereocenters. The van der Waals surface area contributed by atoms with Gasteiger partial charge < -0.3 is 4.90 Å². The Labute approximate surface area is 97.3 Å². The summed E-state index contributed by atoms with van der Waals surface area (Å²) in [5.41, 5.74) is 1.86. The number of halogens is 1. The second-order valence-corrected chi connectivity index (χ2v) is 4.99. The Hall–Kier alpha value is -0.890. The summed E-state index contributed by atoms with van der Waals surface area (Å²) in [5.74, 6) is 0.340. The summed E-state index contributed by atoms with van der Waals surface area (Å²) in [5, 5.41) is 0. The number of hydrogen-bond donors (Lipinski definition) is 0. The fraction of sp³-hybridized carbons (Fsp3) is 0.571. The first-order valence-electron chi connectivity index (χ1n) is 6.06. The van der Waals surface area contributed by atoms with Gasteiger partial charge in [-0.3, -0.25) is 0 Å². The molecule has 1 aliphatic heterocycles. The molecule has 1 aliphatic rings. The lowest BCUT2D eigenvalue weighted by atomic mass is 9.91. The van der Waals surface area contributed by atoms with Crippen molar-refractivity contribution in [2.24, 2.45) is 0 Å². The predicted molar refractivity (Wildman–Crippen MR) is 65.2 cm³/mol. The molecule has 88 valence electrons. The largest absolute Gasteiger partial charge is 0.303 e. The van der Waals surface area contributed by atoms with Crippen LogP contribution < -0.4 is 0 Å². The minimum absolute atomic E-state index is 0.0787. The van der Waals surface area contributed by atoms with Crippen LogP contribution in [0, 0.1) is 12.7 Å². The molecule has 0 N–H and O–H groups in total. The van der Waals surface area contributed by atoms with E-state index >= 15 is 0 Å².